The van der Waals surface area contributed by atoms with Gasteiger partial charge in [-0.05, 0) is 0 Å². The first kappa shape index (κ1) is 14.7. The predicted molar refractivity (Wildman–Crippen MR) is 57.0 cm³/mol. The molecule has 0 aliphatic heterocycles. The molecule has 0 bridgehead atoms. The molecule has 0 spiro atoms. The number of hydrogen-bond acceptors (Lipinski definition) is 9. The van der Waals surface area contributed by atoms with Gasteiger partial charge in [-0.1, -0.05) is 0 Å². The number of nitrogens with one attached hydrogen (secondary N) is 1. The zero-order valence-corrected chi connectivity index (χ0v) is 10.3. The number of nitrogens with two attached hydrogens (primary N) is 1. The molecule has 1 aromatic heterocycles. The molecule has 5 N–H and O–H groups in total. The molecular weight excluding hydrogens is 290 g/mol. The maximum atomic E-state index is 10.8. The van der Waals surface area contributed by atoms with Crippen LogP contribution in [0.4, 0.5) is 5.95 Å². The second kappa shape index (κ2) is 5.07. The zero-order valence-electron chi connectivity index (χ0n) is 8.68. The second-order valence-electron chi connectivity index (χ2n) is 2.89. The molecule has 0 amide bonds. The summed E-state index contributed by atoms with van der Waals surface area (Å²) in [4.78, 5) is 9.42. The monoisotopic (exact) mass is 299 g/mol. The largest absolute Gasteiger partial charge is 0.353 e. The van der Waals surface area contributed by atoms with Gasteiger partial charge in [0.25, 0.3) is 10.3 Å². The van der Waals surface area contributed by atoms with Crippen LogP contribution in [0.2, 0.25) is 0 Å². The molecule has 0 aromatic carbocycles. The van der Waals surface area contributed by atoms with E-state index in [9.17, 15) is 16.8 Å². The van der Waals surface area contributed by atoms with Crippen LogP contribution in [-0.4, -0.2) is 54.0 Å². The summed E-state index contributed by atoms with van der Waals surface area (Å²) in [5.41, 5.74) is 5.16. The molecule has 0 aliphatic carbocycles. The van der Waals surface area contributed by atoms with Gasteiger partial charge in [0.1, 0.15) is 0 Å². The van der Waals surface area contributed by atoms with Crippen LogP contribution in [0.5, 0.6) is 0 Å². The Balaban J connectivity index is 3.39. The third kappa shape index (κ3) is 3.81. The van der Waals surface area contributed by atoms with Crippen molar-refractivity contribution in [2.45, 2.75) is 10.3 Å². The molecule has 0 radical (unpaired) electrons. The Morgan fingerprint density at radius 1 is 1.00 bits per heavy atom. The third-order valence-corrected chi connectivity index (χ3v) is 2.77. The fourth-order valence-electron chi connectivity index (χ4n) is 0.832. The summed E-state index contributed by atoms with van der Waals surface area (Å²) >= 11 is 0. The van der Waals surface area contributed by atoms with E-state index in [-0.39, 0.29) is 13.1 Å². The molecule has 13 heteroatoms. The van der Waals surface area contributed by atoms with E-state index in [2.05, 4.69) is 20.3 Å². The van der Waals surface area contributed by atoms with Crippen LogP contribution in [0.25, 0.3) is 0 Å². The topological polar surface area (TPSA) is 185 Å². The minimum absolute atomic E-state index is 0.111. The zero-order chi connectivity index (χ0) is 14.0. The standard InChI is InChI=1S/C5H9N5O6S2/c6-1-2-7-3-8-4(17(11,12)13)10-5(9-3)18(14,15)16/h1-2,6H2,(H,11,12,13)(H,14,15,16)(H,7,8,9,10). The minimum atomic E-state index is -4.84. The van der Waals surface area contributed by atoms with Crippen LogP contribution in [0.3, 0.4) is 0 Å². The molecule has 18 heavy (non-hydrogen) atoms. The first-order valence-corrected chi connectivity index (χ1v) is 7.17. The van der Waals surface area contributed by atoms with Crippen LogP contribution in [-0.2, 0) is 20.2 Å². The number of hydrogen-bond donors (Lipinski definition) is 4. The third-order valence-electron chi connectivity index (χ3n) is 1.48. The van der Waals surface area contributed by atoms with Crippen molar-refractivity contribution in [3.63, 3.8) is 0 Å². The van der Waals surface area contributed by atoms with Crippen molar-refractivity contribution < 1.29 is 25.9 Å². The number of rotatable bonds is 5. The van der Waals surface area contributed by atoms with Crippen molar-refractivity contribution in [3.8, 4) is 0 Å². The smallest absolute Gasteiger partial charge is 0.330 e. The Hall–Kier alpha value is -1.41. The Labute approximate surface area is 102 Å². The van der Waals surface area contributed by atoms with Crippen LogP contribution in [0.15, 0.2) is 10.3 Å². The molecule has 1 aromatic rings. The first-order chi connectivity index (χ1) is 8.14. The lowest BCUT2D eigenvalue weighted by Crippen LogP contribution is -2.19. The highest BCUT2D eigenvalue weighted by molar-refractivity contribution is 7.86. The summed E-state index contributed by atoms with van der Waals surface area (Å²) in [5, 5.41) is -0.0271. The Bertz CT molecular complexity index is 590. The van der Waals surface area contributed by atoms with Gasteiger partial charge in [0, 0.05) is 13.1 Å². The highest BCUT2D eigenvalue weighted by Crippen LogP contribution is 2.09. The molecule has 0 saturated heterocycles. The van der Waals surface area contributed by atoms with Crippen molar-refractivity contribution in [1.29, 1.82) is 0 Å². The normalized spacial score (nSPS) is 12.4. The lowest BCUT2D eigenvalue weighted by Gasteiger charge is -2.05. The summed E-state index contributed by atoms with van der Waals surface area (Å²) in [6.45, 7) is 0.244. The molecule has 0 aliphatic rings. The van der Waals surface area contributed by atoms with E-state index in [1.807, 2.05) is 0 Å². The van der Waals surface area contributed by atoms with Gasteiger partial charge in [-0.15, -0.1) is 0 Å². The van der Waals surface area contributed by atoms with Gasteiger partial charge in [-0.25, -0.2) is 0 Å². The van der Waals surface area contributed by atoms with E-state index in [1.54, 1.807) is 0 Å². The molecule has 102 valence electrons. The van der Waals surface area contributed by atoms with Gasteiger partial charge >= 0.3 is 20.2 Å². The van der Waals surface area contributed by atoms with Gasteiger partial charge in [0.05, 0.1) is 0 Å². The van der Waals surface area contributed by atoms with E-state index in [0.29, 0.717) is 0 Å². The summed E-state index contributed by atoms with van der Waals surface area (Å²) < 4.78 is 60.7. The van der Waals surface area contributed by atoms with E-state index in [0.717, 1.165) is 0 Å². The maximum absolute atomic E-state index is 10.8. The molecular formula is C5H9N5O6S2. The summed E-state index contributed by atoms with van der Waals surface area (Å²) in [6, 6.07) is 0. The van der Waals surface area contributed by atoms with Gasteiger partial charge in [0.15, 0.2) is 0 Å². The fourth-order valence-corrected chi connectivity index (χ4v) is 1.70. The first-order valence-electron chi connectivity index (χ1n) is 4.29. The number of anilines is 1. The van der Waals surface area contributed by atoms with Crippen molar-refractivity contribution >= 4 is 26.2 Å². The van der Waals surface area contributed by atoms with Crippen LogP contribution < -0.4 is 11.1 Å². The molecule has 0 saturated carbocycles. The predicted octanol–water partition coefficient (Wildman–Crippen LogP) is -2.26. The Kier molecular flexibility index (Phi) is 4.12. The van der Waals surface area contributed by atoms with Crippen molar-refractivity contribution in [3.05, 3.63) is 0 Å². The van der Waals surface area contributed by atoms with Gasteiger partial charge < -0.3 is 11.1 Å². The van der Waals surface area contributed by atoms with Crippen molar-refractivity contribution in [2.24, 2.45) is 5.73 Å². The van der Waals surface area contributed by atoms with E-state index in [1.165, 1.54) is 0 Å². The van der Waals surface area contributed by atoms with Crippen LogP contribution in [0.1, 0.15) is 0 Å². The van der Waals surface area contributed by atoms with E-state index < -0.39 is 36.5 Å². The summed E-state index contributed by atoms with van der Waals surface area (Å²) in [6.07, 6.45) is 0. The van der Waals surface area contributed by atoms with Crippen LogP contribution >= 0.6 is 0 Å². The SMILES string of the molecule is NCCNc1nc(S(=O)(=O)O)nc(S(=O)(=O)O)n1. The maximum Gasteiger partial charge on any atom is 0.330 e. The highest BCUT2D eigenvalue weighted by atomic mass is 32.2. The molecule has 1 rings (SSSR count). The summed E-state index contributed by atoms with van der Waals surface area (Å²) in [5.74, 6) is -0.462. The second-order valence-corrected chi connectivity index (χ2v) is 5.52. The Morgan fingerprint density at radius 3 is 1.78 bits per heavy atom. The number of nitrogens with zero attached hydrogens (tertiary/aromatic N) is 3. The van der Waals surface area contributed by atoms with Crippen molar-refractivity contribution in [2.75, 3.05) is 18.4 Å². The summed E-state index contributed by atoms with van der Waals surface area (Å²) in [7, 11) is -9.68. The fraction of sp³-hybridized carbons (Fsp3) is 0.400. The lowest BCUT2D eigenvalue weighted by molar-refractivity contribution is 0.461. The lowest BCUT2D eigenvalue weighted by atomic mass is 10.6. The van der Waals surface area contributed by atoms with Gasteiger partial charge in [-0.2, -0.15) is 31.8 Å². The van der Waals surface area contributed by atoms with E-state index >= 15 is 0 Å². The quantitative estimate of drug-likeness (QED) is 0.429. The molecule has 11 nitrogen and oxygen atoms in total. The molecule has 0 atom stereocenters. The number of aromatic nitrogens is 3. The van der Waals surface area contributed by atoms with Crippen molar-refractivity contribution in [1.82, 2.24) is 15.0 Å². The van der Waals surface area contributed by atoms with Gasteiger partial charge in [0.2, 0.25) is 5.95 Å². The van der Waals surface area contributed by atoms with Gasteiger partial charge in [-0.3, -0.25) is 9.11 Å². The highest BCUT2D eigenvalue weighted by Gasteiger charge is 2.23. The average molecular weight is 299 g/mol. The molecule has 0 fully saturated rings. The minimum Gasteiger partial charge on any atom is -0.353 e. The molecule has 1 heterocycles. The van der Waals surface area contributed by atoms with Crippen LogP contribution in [0, 0.1) is 0 Å². The van der Waals surface area contributed by atoms with E-state index in [4.69, 9.17) is 14.8 Å². The Morgan fingerprint density at radius 2 is 1.44 bits per heavy atom. The average Bonchev–Trinajstić information content (AvgIpc) is 2.23. The molecule has 0 unspecified atom stereocenters.